The van der Waals surface area contributed by atoms with E-state index in [0.29, 0.717) is 0 Å². The lowest BCUT2D eigenvalue weighted by Gasteiger charge is -2.48. The first-order valence-corrected chi connectivity index (χ1v) is 14.5. The molecule has 8 nitrogen and oxygen atoms in total. The summed E-state index contributed by atoms with van der Waals surface area (Å²) >= 11 is 0. The van der Waals surface area contributed by atoms with Crippen molar-refractivity contribution in [2.45, 2.75) is 26.2 Å². The van der Waals surface area contributed by atoms with Crippen LogP contribution in [-0.2, 0) is 45.4 Å². The maximum absolute atomic E-state index is 14.4. The maximum atomic E-state index is 14.4. The average molecular weight is 591 g/mol. The summed E-state index contributed by atoms with van der Waals surface area (Å²) in [5.41, 5.74) is 3.32. The van der Waals surface area contributed by atoms with Crippen molar-refractivity contribution in [2.24, 2.45) is 23.7 Å². The summed E-state index contributed by atoms with van der Waals surface area (Å²) < 4.78 is 0. The molecular weight excluding hydrogens is 556 g/mol. The Hall–Kier alpha value is -5.24. The van der Waals surface area contributed by atoms with Crippen molar-refractivity contribution in [2.75, 3.05) is 0 Å². The summed E-state index contributed by atoms with van der Waals surface area (Å²) in [4.78, 5) is 56.8. The molecule has 2 amide bonds. The number of rotatable bonds is 12. The van der Waals surface area contributed by atoms with Crippen LogP contribution in [0, 0.1) is 23.7 Å². The van der Waals surface area contributed by atoms with Crippen LogP contribution in [0.25, 0.3) is 0 Å². The van der Waals surface area contributed by atoms with Gasteiger partial charge >= 0.3 is 11.9 Å². The van der Waals surface area contributed by atoms with Crippen molar-refractivity contribution in [1.82, 2.24) is 9.80 Å². The molecule has 0 unspecified atom stereocenters. The van der Waals surface area contributed by atoms with Gasteiger partial charge in [-0.05, 0) is 22.3 Å². The highest BCUT2D eigenvalue weighted by Gasteiger charge is 2.64. The summed E-state index contributed by atoms with van der Waals surface area (Å²) in [5, 5.41) is 20.4. The number of nitrogens with zero attached hydrogens (tertiary/aromatic N) is 2. The van der Waals surface area contributed by atoms with Crippen molar-refractivity contribution in [3.8, 4) is 0 Å². The van der Waals surface area contributed by atoms with Gasteiger partial charge in [-0.25, -0.2) is 0 Å². The molecule has 8 heteroatoms. The van der Waals surface area contributed by atoms with Gasteiger partial charge in [0.05, 0.1) is 23.7 Å². The fourth-order valence-electron chi connectivity index (χ4n) is 6.04. The van der Waals surface area contributed by atoms with E-state index in [9.17, 15) is 29.4 Å². The summed E-state index contributed by atoms with van der Waals surface area (Å²) in [7, 11) is 0. The molecule has 44 heavy (non-hydrogen) atoms. The normalized spacial score (nSPS) is 18.9. The number of hydrogen-bond acceptors (Lipinski definition) is 4. The molecule has 0 aromatic heterocycles. The highest BCUT2D eigenvalue weighted by atomic mass is 16.4. The minimum absolute atomic E-state index is 0.174. The van der Waals surface area contributed by atoms with E-state index < -0.39 is 47.4 Å². The van der Waals surface area contributed by atoms with E-state index in [1.165, 1.54) is 9.80 Å². The van der Waals surface area contributed by atoms with Gasteiger partial charge in [0.15, 0.2) is 0 Å². The van der Waals surface area contributed by atoms with Gasteiger partial charge in [-0.1, -0.05) is 121 Å². The number of carbonyl (C=O) groups is 4. The molecule has 4 atom stereocenters. The lowest BCUT2D eigenvalue weighted by atomic mass is 9.55. The van der Waals surface area contributed by atoms with Crippen LogP contribution >= 0.6 is 0 Å². The van der Waals surface area contributed by atoms with Crippen LogP contribution < -0.4 is 0 Å². The lowest BCUT2D eigenvalue weighted by molar-refractivity contribution is -0.188. The molecule has 0 saturated heterocycles. The number of carboxylic acids is 2. The van der Waals surface area contributed by atoms with Crippen molar-refractivity contribution in [3.63, 3.8) is 0 Å². The van der Waals surface area contributed by atoms with Crippen molar-refractivity contribution < 1.29 is 29.4 Å². The summed E-state index contributed by atoms with van der Waals surface area (Å²) in [6, 6.07) is 37.2. The molecule has 1 saturated carbocycles. The van der Waals surface area contributed by atoms with E-state index in [0.717, 1.165) is 22.3 Å². The first-order valence-electron chi connectivity index (χ1n) is 14.5. The topological polar surface area (TPSA) is 115 Å². The highest BCUT2D eigenvalue weighted by molar-refractivity contribution is 5.99. The van der Waals surface area contributed by atoms with Gasteiger partial charge in [0.1, 0.15) is 0 Å². The van der Waals surface area contributed by atoms with E-state index in [2.05, 4.69) is 0 Å². The molecular formula is C36H34N2O6. The van der Waals surface area contributed by atoms with Gasteiger partial charge in [-0.2, -0.15) is 0 Å². The van der Waals surface area contributed by atoms with Gasteiger partial charge in [0.2, 0.25) is 11.8 Å². The van der Waals surface area contributed by atoms with Crippen molar-refractivity contribution in [1.29, 1.82) is 0 Å². The number of amides is 2. The second-order valence-electron chi connectivity index (χ2n) is 11.1. The molecule has 0 heterocycles. The number of benzene rings is 4. The third-order valence-corrected chi connectivity index (χ3v) is 8.18. The van der Waals surface area contributed by atoms with E-state index >= 15 is 0 Å². The van der Waals surface area contributed by atoms with Gasteiger partial charge in [-0.15, -0.1) is 0 Å². The van der Waals surface area contributed by atoms with Gasteiger partial charge in [0.25, 0.3) is 0 Å². The standard InChI is InChI=1S/C36H34N2O6/c39-33(37(21-25-13-5-1-6-14-25)22-26-15-7-2-8-16-26)29-30(32(36(43)44)31(29)35(41)42)34(40)38(23-27-17-9-3-10-18-27)24-28-19-11-4-12-20-28/h1-20,29-32H,21-24H2,(H,41,42)(H,43,44)/t29-,30-,31-,32-/m1/s1. The summed E-state index contributed by atoms with van der Waals surface area (Å²) in [6.45, 7) is 0.698. The summed E-state index contributed by atoms with van der Waals surface area (Å²) in [6.07, 6.45) is 0. The van der Waals surface area contributed by atoms with E-state index in [4.69, 9.17) is 0 Å². The Bertz CT molecular complexity index is 1380. The van der Waals surface area contributed by atoms with Crippen LogP contribution in [0.15, 0.2) is 121 Å². The zero-order valence-corrected chi connectivity index (χ0v) is 24.1. The maximum Gasteiger partial charge on any atom is 0.308 e. The smallest absolute Gasteiger partial charge is 0.308 e. The molecule has 224 valence electrons. The Morgan fingerprint density at radius 2 is 0.636 bits per heavy atom. The Labute approximate surface area is 256 Å². The second kappa shape index (κ2) is 13.8. The van der Waals surface area contributed by atoms with Gasteiger partial charge in [0, 0.05) is 26.2 Å². The molecule has 0 aliphatic heterocycles. The molecule has 4 aromatic rings. The van der Waals surface area contributed by atoms with Crippen LogP contribution in [0.5, 0.6) is 0 Å². The molecule has 1 fully saturated rings. The predicted octanol–water partition coefficient (Wildman–Crippen LogP) is 5.09. The predicted molar refractivity (Wildman–Crippen MR) is 164 cm³/mol. The molecule has 0 bridgehead atoms. The van der Waals surface area contributed by atoms with Crippen LogP contribution in [0.4, 0.5) is 0 Å². The van der Waals surface area contributed by atoms with Crippen molar-refractivity contribution >= 4 is 23.8 Å². The van der Waals surface area contributed by atoms with Crippen LogP contribution in [0.3, 0.4) is 0 Å². The zero-order chi connectivity index (χ0) is 31.1. The number of carboxylic acid groups (broad SMARTS) is 2. The third kappa shape index (κ3) is 6.86. The minimum Gasteiger partial charge on any atom is -0.481 e. The molecule has 0 radical (unpaired) electrons. The SMILES string of the molecule is O=C(O)[C@H]1[C@H](C(=O)O)[C@H](C(=O)N(Cc2ccccc2)Cc2ccccc2)[C@H]1C(=O)N(Cc1ccccc1)Cc1ccccc1. The van der Waals surface area contributed by atoms with Crippen LogP contribution in [-0.4, -0.2) is 43.8 Å². The van der Waals surface area contributed by atoms with E-state index in [1.807, 2.05) is 121 Å². The highest BCUT2D eigenvalue weighted by Crippen LogP contribution is 2.49. The zero-order valence-electron chi connectivity index (χ0n) is 24.1. The van der Waals surface area contributed by atoms with Crippen molar-refractivity contribution in [3.05, 3.63) is 144 Å². The minimum atomic E-state index is -1.54. The first-order chi connectivity index (χ1) is 21.3. The van der Waals surface area contributed by atoms with Crippen LogP contribution in [0.1, 0.15) is 22.3 Å². The second-order valence-corrected chi connectivity index (χ2v) is 11.1. The molecule has 5 rings (SSSR count). The fourth-order valence-corrected chi connectivity index (χ4v) is 6.04. The number of carbonyl (C=O) groups excluding carboxylic acids is 2. The average Bonchev–Trinajstić information content (AvgIpc) is 3.01. The van der Waals surface area contributed by atoms with Gasteiger partial charge in [-0.3, -0.25) is 19.2 Å². The molecule has 2 N–H and O–H groups in total. The summed E-state index contributed by atoms with van der Waals surface area (Å²) in [5.74, 6) is -9.70. The van der Waals surface area contributed by atoms with Gasteiger partial charge < -0.3 is 20.0 Å². The Balaban J connectivity index is 1.52. The Morgan fingerprint density at radius 1 is 0.409 bits per heavy atom. The first kappa shape index (κ1) is 30.2. The Morgan fingerprint density at radius 3 is 0.841 bits per heavy atom. The molecule has 1 aliphatic carbocycles. The van der Waals surface area contributed by atoms with E-state index in [-0.39, 0.29) is 26.2 Å². The monoisotopic (exact) mass is 590 g/mol. The quantitative estimate of drug-likeness (QED) is 0.238. The van der Waals surface area contributed by atoms with Crippen LogP contribution in [0.2, 0.25) is 0 Å². The number of hydrogen-bond donors (Lipinski definition) is 2. The Kier molecular flexibility index (Phi) is 9.49. The molecule has 4 aromatic carbocycles. The third-order valence-electron chi connectivity index (χ3n) is 8.18. The molecule has 1 aliphatic rings. The molecule has 0 spiro atoms. The van der Waals surface area contributed by atoms with E-state index in [1.54, 1.807) is 0 Å². The largest absolute Gasteiger partial charge is 0.481 e. The lowest BCUT2D eigenvalue weighted by Crippen LogP contribution is -2.64. The fraction of sp³-hybridized carbons (Fsp3) is 0.222. The number of aliphatic carboxylic acids is 2.